The van der Waals surface area contributed by atoms with Gasteiger partial charge in [-0.15, -0.1) is 0 Å². The van der Waals surface area contributed by atoms with E-state index in [2.05, 4.69) is 31.7 Å². The van der Waals surface area contributed by atoms with Crippen LogP contribution in [-0.4, -0.2) is 57.8 Å². The second kappa shape index (κ2) is 12.0. The highest BCUT2D eigenvalue weighted by atomic mass is 32.2. The van der Waals surface area contributed by atoms with Crippen LogP contribution in [0.5, 0.6) is 0 Å². The summed E-state index contributed by atoms with van der Waals surface area (Å²) in [6, 6.07) is -0.748. The van der Waals surface area contributed by atoms with E-state index in [-0.39, 0.29) is 5.11 Å². The van der Waals surface area contributed by atoms with Crippen molar-refractivity contribution in [2.45, 2.75) is 26.3 Å². The van der Waals surface area contributed by atoms with Crippen molar-refractivity contribution in [3.05, 3.63) is 0 Å². The lowest BCUT2D eigenvalue weighted by molar-refractivity contribution is -0.139. The first kappa shape index (κ1) is 21.5. The first-order valence-corrected chi connectivity index (χ1v) is 8.87. The highest BCUT2D eigenvalue weighted by molar-refractivity contribution is 7.98. The van der Waals surface area contributed by atoms with Crippen molar-refractivity contribution in [3.8, 4) is 0 Å². The highest BCUT2D eigenvalue weighted by Gasteiger charge is 2.17. The van der Waals surface area contributed by atoms with Gasteiger partial charge in [-0.05, 0) is 56.7 Å². The van der Waals surface area contributed by atoms with Gasteiger partial charge in [-0.1, -0.05) is 0 Å². The molecule has 0 aliphatic rings. The van der Waals surface area contributed by atoms with E-state index in [1.807, 2.05) is 6.26 Å². The maximum atomic E-state index is 11.1. The van der Waals surface area contributed by atoms with Gasteiger partial charge in [0.1, 0.15) is 6.04 Å². The number of hydrogen-bond donors (Lipinski definition) is 5. The molecular formula is C12H22N6O2S3. The fraction of sp³-hybridized carbons (Fsp3) is 0.583. The zero-order valence-electron chi connectivity index (χ0n) is 13.5. The number of thioether (sulfide) groups is 1. The molecule has 0 aromatic rings. The fourth-order valence-corrected chi connectivity index (χ4v) is 1.88. The van der Waals surface area contributed by atoms with Gasteiger partial charge in [0.2, 0.25) is 0 Å². The predicted molar refractivity (Wildman–Crippen MR) is 104 cm³/mol. The molecule has 0 aromatic heterocycles. The van der Waals surface area contributed by atoms with E-state index in [9.17, 15) is 4.79 Å². The third-order valence-corrected chi connectivity index (χ3v) is 3.76. The second-order valence-electron chi connectivity index (χ2n) is 4.34. The third kappa shape index (κ3) is 10.0. The average molecular weight is 379 g/mol. The molecule has 23 heavy (non-hydrogen) atoms. The van der Waals surface area contributed by atoms with E-state index < -0.39 is 12.0 Å². The topological polar surface area (TPSA) is 110 Å². The first-order valence-electron chi connectivity index (χ1n) is 6.66. The lowest BCUT2D eigenvalue weighted by Gasteiger charge is -2.15. The minimum Gasteiger partial charge on any atom is -0.480 e. The minimum absolute atomic E-state index is 0.143. The quantitative estimate of drug-likeness (QED) is 0.234. The molecule has 8 nitrogen and oxygen atoms in total. The molecule has 0 spiro atoms. The maximum Gasteiger partial charge on any atom is 0.326 e. The van der Waals surface area contributed by atoms with Gasteiger partial charge in [-0.25, -0.2) is 4.79 Å². The summed E-state index contributed by atoms with van der Waals surface area (Å²) in [6.45, 7) is 3.49. The Morgan fingerprint density at radius 3 is 2.13 bits per heavy atom. The van der Waals surface area contributed by atoms with E-state index in [1.165, 1.54) is 0 Å². The Bertz CT molecular complexity index is 495. The maximum absolute atomic E-state index is 11.1. The van der Waals surface area contributed by atoms with Crippen LogP contribution in [0.2, 0.25) is 0 Å². The Kier molecular flexibility index (Phi) is 11.3. The van der Waals surface area contributed by atoms with Crippen LogP contribution in [-0.2, 0) is 4.79 Å². The second-order valence-corrected chi connectivity index (χ2v) is 6.15. The molecule has 0 heterocycles. The number of hydrogen-bond acceptors (Lipinski definition) is 6. The summed E-state index contributed by atoms with van der Waals surface area (Å²) in [5.74, 6) is -0.232. The molecule has 1 atom stereocenters. The minimum atomic E-state index is -0.952. The summed E-state index contributed by atoms with van der Waals surface area (Å²) in [7, 11) is 1.68. The monoisotopic (exact) mass is 378 g/mol. The van der Waals surface area contributed by atoms with Crippen LogP contribution in [0.15, 0.2) is 10.2 Å². The molecule has 130 valence electrons. The Labute approximate surface area is 150 Å². The summed E-state index contributed by atoms with van der Waals surface area (Å²) >= 11 is 11.5. The number of nitrogens with one attached hydrogen (secondary N) is 4. The summed E-state index contributed by atoms with van der Waals surface area (Å²) in [5, 5.41) is 23.2. The number of aliphatic carboxylic acids is 1. The van der Waals surface area contributed by atoms with Crippen LogP contribution in [0, 0.1) is 0 Å². The molecule has 0 bridgehead atoms. The summed E-state index contributed by atoms with van der Waals surface area (Å²) < 4.78 is 0. The largest absolute Gasteiger partial charge is 0.480 e. The summed E-state index contributed by atoms with van der Waals surface area (Å²) in [4.78, 5) is 11.1. The summed E-state index contributed by atoms with van der Waals surface area (Å²) in [5.41, 5.74) is 6.44. The molecule has 0 radical (unpaired) electrons. The Morgan fingerprint density at radius 2 is 1.70 bits per heavy atom. The van der Waals surface area contributed by atoms with E-state index >= 15 is 0 Å². The van der Waals surface area contributed by atoms with Gasteiger partial charge in [0.15, 0.2) is 10.2 Å². The van der Waals surface area contributed by atoms with Crippen molar-refractivity contribution in [1.82, 2.24) is 21.5 Å². The smallest absolute Gasteiger partial charge is 0.326 e. The molecule has 0 aliphatic heterocycles. The molecule has 0 fully saturated rings. The SMILES string of the molecule is CNC(=S)NN=C(C)C(C)=NNC(=S)NC(CCSC)C(=O)O. The Morgan fingerprint density at radius 1 is 1.17 bits per heavy atom. The van der Waals surface area contributed by atoms with E-state index in [0.717, 1.165) is 5.75 Å². The molecule has 11 heteroatoms. The van der Waals surface area contributed by atoms with Gasteiger partial charge in [-0.2, -0.15) is 22.0 Å². The number of carboxylic acids is 1. The van der Waals surface area contributed by atoms with Crippen molar-refractivity contribution in [2.75, 3.05) is 19.1 Å². The number of carboxylic acid groups (broad SMARTS) is 1. The molecule has 0 saturated heterocycles. The number of thiocarbonyl (C=S) groups is 2. The molecule has 0 rings (SSSR count). The zero-order chi connectivity index (χ0) is 17.8. The van der Waals surface area contributed by atoms with Gasteiger partial charge in [-0.3, -0.25) is 10.9 Å². The van der Waals surface area contributed by atoms with Crippen LogP contribution < -0.4 is 21.5 Å². The third-order valence-electron chi connectivity index (χ3n) is 2.62. The van der Waals surface area contributed by atoms with Crippen LogP contribution in [0.3, 0.4) is 0 Å². The molecule has 5 N–H and O–H groups in total. The van der Waals surface area contributed by atoms with Gasteiger partial charge in [0.25, 0.3) is 0 Å². The zero-order valence-corrected chi connectivity index (χ0v) is 15.9. The van der Waals surface area contributed by atoms with Gasteiger partial charge in [0, 0.05) is 7.05 Å². The van der Waals surface area contributed by atoms with Crippen molar-refractivity contribution < 1.29 is 9.90 Å². The number of carbonyl (C=O) groups is 1. The predicted octanol–water partition coefficient (Wildman–Crippen LogP) is 0.502. The lowest BCUT2D eigenvalue weighted by Crippen LogP contribution is -2.45. The van der Waals surface area contributed by atoms with E-state index in [1.54, 1.807) is 32.7 Å². The molecule has 0 aliphatic carbocycles. The lowest BCUT2D eigenvalue weighted by atomic mass is 10.2. The normalized spacial score (nSPS) is 13.0. The van der Waals surface area contributed by atoms with Crippen LogP contribution in [0.25, 0.3) is 0 Å². The number of nitrogens with zero attached hydrogens (tertiary/aromatic N) is 2. The molecular weight excluding hydrogens is 356 g/mol. The van der Waals surface area contributed by atoms with E-state index in [4.69, 9.17) is 29.5 Å². The average Bonchev–Trinajstić information content (AvgIpc) is 2.53. The molecule has 0 saturated carbocycles. The van der Waals surface area contributed by atoms with Gasteiger partial charge in [0.05, 0.1) is 11.4 Å². The molecule has 0 aromatic carbocycles. The van der Waals surface area contributed by atoms with Crippen molar-refractivity contribution in [3.63, 3.8) is 0 Å². The first-order chi connectivity index (χ1) is 10.8. The van der Waals surface area contributed by atoms with Crippen LogP contribution in [0.1, 0.15) is 20.3 Å². The Hall–Kier alpha value is -1.46. The van der Waals surface area contributed by atoms with Crippen LogP contribution >= 0.6 is 36.2 Å². The van der Waals surface area contributed by atoms with Gasteiger partial charge < -0.3 is 15.7 Å². The van der Waals surface area contributed by atoms with E-state index in [0.29, 0.717) is 23.0 Å². The fourth-order valence-electron chi connectivity index (χ4n) is 1.17. The van der Waals surface area contributed by atoms with Crippen molar-refractivity contribution in [1.29, 1.82) is 0 Å². The molecule has 0 amide bonds. The summed E-state index contributed by atoms with van der Waals surface area (Å²) in [6.07, 6.45) is 2.38. The van der Waals surface area contributed by atoms with Crippen LogP contribution in [0.4, 0.5) is 0 Å². The number of rotatable bonds is 8. The Balaban J connectivity index is 4.53. The van der Waals surface area contributed by atoms with Crippen molar-refractivity contribution in [2.24, 2.45) is 10.2 Å². The molecule has 1 unspecified atom stereocenters. The number of hydrazone groups is 2. The standard InChI is InChI=1S/C12H22N6O2S3/c1-7(15-17-11(21)13-3)8(2)16-18-12(22)14-9(10(19)20)5-6-23-4/h9H,5-6H2,1-4H3,(H,19,20)(H2,13,17,21)(H2,14,18,22). The highest BCUT2D eigenvalue weighted by Crippen LogP contribution is 2.00. The van der Waals surface area contributed by atoms with Crippen molar-refractivity contribution >= 4 is 63.8 Å². The van der Waals surface area contributed by atoms with Gasteiger partial charge >= 0.3 is 5.97 Å².